The number of carbonyl (C=O) groups excluding carboxylic acids is 3. The molecule has 18 heteroatoms. The molecule has 0 heterocycles. The van der Waals surface area contributed by atoms with E-state index in [2.05, 4.69) is 130 Å². The lowest BCUT2D eigenvalue weighted by molar-refractivity contribution is -0.161. The fourth-order valence-electron chi connectivity index (χ4n) is 14.0. The van der Waals surface area contributed by atoms with Crippen LogP contribution in [0.5, 0.6) is 0 Å². The van der Waals surface area contributed by atoms with Crippen molar-refractivity contribution in [2.24, 2.45) is 0 Å². The van der Waals surface area contributed by atoms with Gasteiger partial charge in [0, 0.05) is 19.3 Å². The second-order valence-electron chi connectivity index (χ2n) is 33.2. The van der Waals surface area contributed by atoms with E-state index in [1.54, 1.807) is 0 Å². The molecular weight excluding hydrogens is 1530 g/mol. The van der Waals surface area contributed by atoms with Gasteiger partial charge in [-0.15, -0.1) is 0 Å². The highest BCUT2D eigenvalue weighted by atomic mass is 31.2. The maximum absolute atomic E-state index is 13.0. The number of esters is 3. The Hall–Kier alpha value is -3.79. The maximum atomic E-state index is 13.0. The molecule has 5 atom stereocenters. The van der Waals surface area contributed by atoms with Crippen LogP contribution in [0.2, 0.25) is 0 Å². The molecule has 0 radical (unpaired) electrons. The molecule has 0 aliphatic carbocycles. The molecule has 0 aliphatic heterocycles. The van der Waals surface area contributed by atoms with Crippen LogP contribution in [0.4, 0.5) is 0 Å². The van der Waals surface area contributed by atoms with Crippen LogP contribution in [0, 0.1) is 0 Å². The Balaban J connectivity index is 4.39. The third-order valence-electron chi connectivity index (χ3n) is 21.4. The van der Waals surface area contributed by atoms with E-state index in [1.165, 1.54) is 283 Å². The van der Waals surface area contributed by atoms with Crippen molar-refractivity contribution in [3.63, 3.8) is 0 Å². The standard InChI is InChI=1S/C101H182O16P2/c1-4-7-10-13-16-19-22-25-28-30-32-34-36-38-40-42-44-46-47-49-51-52-54-56-58-60-62-64-67-69-72-75-78-81-84-87-99(104)111-90-96(102)91-113-118(107,108)114-92-97(103)93-115-119(109,110)116-95-98(117-101(106)89-86-83-80-77-74-71-66-27-24-21-18-15-12-9-6-3)94-112-100(105)88-85-82-79-76-73-70-68-65-63-61-59-57-55-53-50-48-45-43-41-39-37-35-33-31-29-26-23-20-17-14-11-8-5-2/h16-17,19-20,25-29,32-35,38-41,66,96-98,102-103H,4-15,18,21-24,30-31,36-37,42-65,67-95H2,1-3H3,(H,107,108)(H,109,110)/b19-16-,20-17-,28-25-,29-26-,34-32-,35-33-,40-38-,41-39-,66-27-. The van der Waals surface area contributed by atoms with Crippen LogP contribution < -0.4 is 0 Å². The number of aliphatic hydroxyl groups excluding tert-OH is 2. The average molecular weight is 1710 g/mol. The minimum Gasteiger partial charge on any atom is -0.463 e. The minimum atomic E-state index is -4.94. The third-order valence-corrected chi connectivity index (χ3v) is 23.3. The second kappa shape index (κ2) is 93.4. The van der Waals surface area contributed by atoms with Gasteiger partial charge in [-0.05, 0) is 135 Å². The third kappa shape index (κ3) is 94.7. The summed E-state index contributed by atoms with van der Waals surface area (Å²) in [6.45, 7) is 2.70. The zero-order valence-corrected chi connectivity index (χ0v) is 78.3. The lowest BCUT2D eigenvalue weighted by atomic mass is 10.0. The quantitative estimate of drug-likeness (QED) is 0.0146. The van der Waals surface area contributed by atoms with Crippen LogP contribution in [0.15, 0.2) is 109 Å². The minimum absolute atomic E-state index is 0.0977. The van der Waals surface area contributed by atoms with E-state index in [0.717, 1.165) is 116 Å². The van der Waals surface area contributed by atoms with Crippen molar-refractivity contribution in [1.82, 2.24) is 0 Å². The summed E-state index contributed by atoms with van der Waals surface area (Å²) in [6.07, 6.45) is 115. The Kier molecular flexibility index (Phi) is 90.4. The van der Waals surface area contributed by atoms with Gasteiger partial charge in [-0.1, -0.05) is 413 Å². The first kappa shape index (κ1) is 115. The zero-order valence-electron chi connectivity index (χ0n) is 76.5. The molecule has 119 heavy (non-hydrogen) atoms. The van der Waals surface area contributed by atoms with Crippen molar-refractivity contribution < 1.29 is 75.8 Å². The van der Waals surface area contributed by atoms with E-state index in [4.69, 9.17) is 32.3 Å². The van der Waals surface area contributed by atoms with Gasteiger partial charge in [0.2, 0.25) is 0 Å². The number of hydrogen-bond acceptors (Lipinski definition) is 14. The van der Waals surface area contributed by atoms with Gasteiger partial charge in [-0.2, -0.15) is 0 Å². The predicted molar refractivity (Wildman–Crippen MR) is 501 cm³/mol. The molecule has 0 rings (SSSR count). The number of rotatable bonds is 94. The molecule has 0 aromatic rings. The van der Waals surface area contributed by atoms with Crippen molar-refractivity contribution >= 4 is 33.6 Å². The molecule has 0 bridgehead atoms. The Bertz CT molecular complexity index is 2590. The van der Waals surface area contributed by atoms with Crippen LogP contribution in [0.3, 0.4) is 0 Å². The Labute approximate surface area is 730 Å². The Morgan fingerprint density at radius 2 is 0.420 bits per heavy atom. The summed E-state index contributed by atoms with van der Waals surface area (Å²) >= 11 is 0. The molecule has 0 aromatic carbocycles. The van der Waals surface area contributed by atoms with Gasteiger partial charge in [-0.25, -0.2) is 9.13 Å². The molecule has 0 spiro atoms. The van der Waals surface area contributed by atoms with Crippen molar-refractivity contribution in [2.75, 3.05) is 39.6 Å². The van der Waals surface area contributed by atoms with E-state index < -0.39 is 91.5 Å². The molecule has 16 nitrogen and oxygen atoms in total. The second-order valence-corrected chi connectivity index (χ2v) is 36.1. The number of unbranched alkanes of at least 4 members (excludes halogenated alkanes) is 53. The number of allylic oxidation sites excluding steroid dienone is 18. The first-order valence-electron chi connectivity index (χ1n) is 49.2. The van der Waals surface area contributed by atoms with E-state index in [1.807, 2.05) is 0 Å². The summed E-state index contributed by atoms with van der Waals surface area (Å²) in [5.74, 6) is -1.56. The van der Waals surface area contributed by atoms with Crippen molar-refractivity contribution in [1.29, 1.82) is 0 Å². The Morgan fingerprint density at radius 3 is 0.689 bits per heavy atom. The summed E-state index contributed by atoms with van der Waals surface area (Å²) in [4.78, 5) is 59.0. The number of aliphatic hydroxyl groups is 2. The lowest BCUT2D eigenvalue weighted by Gasteiger charge is -2.21. The van der Waals surface area contributed by atoms with E-state index >= 15 is 0 Å². The molecule has 692 valence electrons. The highest BCUT2D eigenvalue weighted by Crippen LogP contribution is 2.45. The van der Waals surface area contributed by atoms with Gasteiger partial charge in [-0.3, -0.25) is 32.5 Å². The number of phosphoric ester groups is 2. The van der Waals surface area contributed by atoms with Gasteiger partial charge >= 0.3 is 33.6 Å². The van der Waals surface area contributed by atoms with Crippen LogP contribution >= 0.6 is 15.6 Å². The SMILES string of the molecule is CCCCC/C=C\C/C=C\C/C=C\C/C=C\CCCCCCCCCCCCCCCCCCCCCC(=O)OCC(O)COP(=O)(O)OCC(O)COP(=O)(O)OCC(COC(=O)CCCCCCCCCCCCCCCCCCC/C=C\C/C=C\C/C=C\C/C=C\CCCCC)OC(=O)CCCCCCC/C=C\CCCCCCCC. The first-order valence-corrected chi connectivity index (χ1v) is 52.2. The lowest BCUT2D eigenvalue weighted by Crippen LogP contribution is -2.30. The smallest absolute Gasteiger partial charge is 0.463 e. The van der Waals surface area contributed by atoms with Gasteiger partial charge in [0.05, 0.1) is 26.4 Å². The highest BCUT2D eigenvalue weighted by molar-refractivity contribution is 7.47. The van der Waals surface area contributed by atoms with Gasteiger partial charge in [0.15, 0.2) is 6.10 Å². The van der Waals surface area contributed by atoms with E-state index in [-0.39, 0.29) is 19.3 Å². The van der Waals surface area contributed by atoms with Gasteiger partial charge in [0.1, 0.15) is 25.4 Å². The van der Waals surface area contributed by atoms with Crippen LogP contribution in [0.25, 0.3) is 0 Å². The molecule has 0 amide bonds. The molecule has 5 unspecified atom stereocenters. The fraction of sp³-hybridized carbons (Fsp3) is 0.792. The molecular formula is C101H182O16P2. The summed E-state index contributed by atoms with van der Waals surface area (Å²) in [5, 5.41) is 20.7. The highest BCUT2D eigenvalue weighted by Gasteiger charge is 2.30. The summed E-state index contributed by atoms with van der Waals surface area (Å²) in [5.41, 5.74) is 0. The molecule has 0 saturated heterocycles. The van der Waals surface area contributed by atoms with Crippen LogP contribution in [-0.2, 0) is 55.8 Å². The molecule has 0 saturated carbocycles. The maximum Gasteiger partial charge on any atom is 0.472 e. The average Bonchev–Trinajstić information content (AvgIpc) is 0.898. The van der Waals surface area contributed by atoms with E-state index in [9.17, 15) is 43.5 Å². The van der Waals surface area contributed by atoms with Crippen LogP contribution in [0.1, 0.15) is 457 Å². The van der Waals surface area contributed by atoms with Crippen LogP contribution in [-0.4, -0.2) is 95.9 Å². The van der Waals surface area contributed by atoms with Crippen molar-refractivity contribution in [2.45, 2.75) is 476 Å². The molecule has 0 aliphatic rings. The zero-order chi connectivity index (χ0) is 86.5. The first-order chi connectivity index (χ1) is 58.2. The Morgan fingerprint density at radius 1 is 0.235 bits per heavy atom. The molecule has 0 aromatic heterocycles. The summed E-state index contributed by atoms with van der Waals surface area (Å²) in [7, 11) is -9.80. The monoisotopic (exact) mass is 1710 g/mol. The van der Waals surface area contributed by atoms with Crippen molar-refractivity contribution in [3.05, 3.63) is 109 Å². The number of phosphoric acid groups is 2. The van der Waals surface area contributed by atoms with Crippen molar-refractivity contribution in [3.8, 4) is 0 Å². The normalized spacial score (nSPS) is 14.2. The topological polar surface area (TPSA) is 231 Å². The number of carbonyl (C=O) groups is 3. The summed E-state index contributed by atoms with van der Waals surface area (Å²) < 4.78 is 61.5. The number of hydrogen-bond donors (Lipinski definition) is 4. The summed E-state index contributed by atoms with van der Waals surface area (Å²) in [6, 6.07) is 0. The molecule has 0 fully saturated rings. The largest absolute Gasteiger partial charge is 0.472 e. The van der Waals surface area contributed by atoms with Gasteiger partial charge in [0.25, 0.3) is 0 Å². The van der Waals surface area contributed by atoms with Gasteiger partial charge < -0.3 is 34.2 Å². The van der Waals surface area contributed by atoms with E-state index in [0.29, 0.717) is 19.3 Å². The predicted octanol–water partition coefficient (Wildman–Crippen LogP) is 30.6. The number of ether oxygens (including phenoxy) is 3. The fourth-order valence-corrected chi connectivity index (χ4v) is 15.5. The molecule has 4 N–H and O–H groups in total.